The monoisotopic (exact) mass is 400 g/mol. The molecule has 1 aromatic carbocycles. The van der Waals surface area contributed by atoms with Crippen molar-refractivity contribution in [2.24, 2.45) is 11.8 Å². The van der Waals surface area contributed by atoms with Gasteiger partial charge >= 0.3 is 5.97 Å². The van der Waals surface area contributed by atoms with Crippen LogP contribution in [0.5, 0.6) is 5.75 Å². The Labute approximate surface area is 171 Å². The minimum Gasteiger partial charge on any atom is -0.489 e. The number of likely N-dealkylation sites (tertiary alicyclic amines) is 1. The van der Waals surface area contributed by atoms with Gasteiger partial charge < -0.3 is 18.9 Å². The highest BCUT2D eigenvalue weighted by molar-refractivity contribution is 5.91. The number of rotatable bonds is 6. The van der Waals surface area contributed by atoms with E-state index < -0.39 is 5.97 Å². The Morgan fingerprint density at radius 1 is 1.21 bits per heavy atom. The fourth-order valence-electron chi connectivity index (χ4n) is 3.74. The lowest BCUT2D eigenvalue weighted by Crippen LogP contribution is -2.44. The molecule has 1 saturated heterocycles. The van der Waals surface area contributed by atoms with Crippen LogP contribution in [0.2, 0.25) is 0 Å². The predicted octanol–water partition coefficient (Wildman–Crippen LogP) is 3.53. The van der Waals surface area contributed by atoms with Crippen molar-refractivity contribution < 1.29 is 23.6 Å². The van der Waals surface area contributed by atoms with Gasteiger partial charge in [-0.2, -0.15) is 0 Å². The van der Waals surface area contributed by atoms with Crippen LogP contribution in [0, 0.1) is 25.7 Å². The zero-order valence-corrected chi connectivity index (χ0v) is 17.4. The Morgan fingerprint density at radius 3 is 2.59 bits per heavy atom. The van der Waals surface area contributed by atoms with Gasteiger partial charge in [-0.05, 0) is 50.3 Å². The molecular weight excluding hydrogens is 372 g/mol. The Morgan fingerprint density at radius 2 is 1.93 bits per heavy atom. The molecule has 0 bridgehead atoms. The first-order valence-electron chi connectivity index (χ1n) is 9.93. The average Bonchev–Trinajstić information content (AvgIpc) is 3.01. The highest BCUT2D eigenvalue weighted by atomic mass is 16.5. The first-order valence-corrected chi connectivity index (χ1v) is 9.93. The summed E-state index contributed by atoms with van der Waals surface area (Å²) in [4.78, 5) is 26.6. The summed E-state index contributed by atoms with van der Waals surface area (Å²) in [5, 5.41) is 3.90. The highest BCUT2D eigenvalue weighted by Gasteiger charge is 2.26. The zero-order chi connectivity index (χ0) is 21.0. The third kappa shape index (κ3) is 5.37. The van der Waals surface area contributed by atoms with Crippen LogP contribution >= 0.6 is 0 Å². The first-order chi connectivity index (χ1) is 13.8. The summed E-state index contributed by atoms with van der Waals surface area (Å²) in [5.74, 6) is 1.47. The normalized spacial score (nSPS) is 19.1. The molecule has 1 amide bonds. The number of aryl methyl sites for hydroxylation is 2. The third-order valence-electron chi connectivity index (χ3n) is 5.18. The smallest absolute Gasteiger partial charge is 0.338 e. The molecule has 3 rings (SSSR count). The molecular formula is C22H28N2O5. The van der Waals surface area contributed by atoms with Crippen LogP contribution in [0.3, 0.4) is 0 Å². The lowest BCUT2D eigenvalue weighted by Gasteiger charge is -2.34. The number of amides is 1. The van der Waals surface area contributed by atoms with Gasteiger partial charge in [-0.25, -0.2) is 4.79 Å². The lowest BCUT2D eigenvalue weighted by molar-refractivity contribution is -0.137. The topological polar surface area (TPSA) is 81.9 Å². The van der Waals surface area contributed by atoms with Gasteiger partial charge in [0.25, 0.3) is 5.91 Å². The van der Waals surface area contributed by atoms with Gasteiger partial charge in [0.1, 0.15) is 18.1 Å². The van der Waals surface area contributed by atoms with Crippen molar-refractivity contribution in [1.82, 2.24) is 10.1 Å². The SMILES string of the molecule is Cc1noc(C)c1COc1cccc(C(=O)OCC(=O)N2C[C@@H](C)C[C@H](C)C2)c1. The van der Waals surface area contributed by atoms with Crippen LogP contribution in [0.4, 0.5) is 0 Å². The number of aromatic nitrogens is 1. The fraction of sp³-hybridized carbons (Fsp3) is 0.500. The lowest BCUT2D eigenvalue weighted by atomic mass is 9.92. The largest absolute Gasteiger partial charge is 0.489 e. The summed E-state index contributed by atoms with van der Waals surface area (Å²) >= 11 is 0. The number of carbonyl (C=O) groups is 2. The Balaban J connectivity index is 1.54. The third-order valence-corrected chi connectivity index (χ3v) is 5.18. The summed E-state index contributed by atoms with van der Waals surface area (Å²) in [7, 11) is 0. The predicted molar refractivity (Wildman–Crippen MR) is 107 cm³/mol. The van der Waals surface area contributed by atoms with Gasteiger partial charge in [0.05, 0.1) is 16.8 Å². The minimum absolute atomic E-state index is 0.150. The molecule has 0 aliphatic carbocycles. The number of piperidine rings is 1. The molecule has 0 N–H and O–H groups in total. The molecule has 7 heteroatoms. The molecule has 29 heavy (non-hydrogen) atoms. The van der Waals surface area contributed by atoms with E-state index in [1.807, 2.05) is 13.8 Å². The first kappa shape index (κ1) is 20.9. The van der Waals surface area contributed by atoms with E-state index in [9.17, 15) is 9.59 Å². The molecule has 2 atom stereocenters. The second-order valence-corrected chi connectivity index (χ2v) is 7.94. The molecule has 1 aliphatic rings. The van der Waals surface area contributed by atoms with E-state index in [0.29, 0.717) is 48.6 Å². The standard InChI is InChI=1S/C22H28N2O5/c1-14-8-15(2)11-24(10-14)21(25)13-28-22(26)18-6-5-7-19(9-18)27-12-20-16(3)23-29-17(20)4/h5-7,9,14-15H,8,10-13H2,1-4H3/t14-,15-/m0/s1. The molecule has 2 aromatic rings. The van der Waals surface area contributed by atoms with Gasteiger partial charge in [-0.15, -0.1) is 0 Å². The molecule has 0 radical (unpaired) electrons. The van der Waals surface area contributed by atoms with Crippen LogP contribution < -0.4 is 4.74 Å². The number of carbonyl (C=O) groups excluding carboxylic acids is 2. The molecule has 0 spiro atoms. The molecule has 1 aliphatic heterocycles. The second kappa shape index (κ2) is 9.11. The van der Waals surface area contributed by atoms with Crippen molar-refractivity contribution in [2.75, 3.05) is 19.7 Å². The van der Waals surface area contributed by atoms with Gasteiger partial charge in [-0.3, -0.25) is 4.79 Å². The molecule has 2 heterocycles. The van der Waals surface area contributed by atoms with Crippen molar-refractivity contribution in [3.05, 3.63) is 46.8 Å². The molecule has 1 aromatic heterocycles. The molecule has 0 saturated carbocycles. The molecule has 1 fully saturated rings. The van der Waals surface area contributed by atoms with E-state index in [0.717, 1.165) is 17.7 Å². The van der Waals surface area contributed by atoms with Crippen molar-refractivity contribution in [1.29, 1.82) is 0 Å². The van der Waals surface area contributed by atoms with Crippen molar-refractivity contribution >= 4 is 11.9 Å². The van der Waals surface area contributed by atoms with E-state index >= 15 is 0 Å². The second-order valence-electron chi connectivity index (χ2n) is 7.94. The van der Waals surface area contributed by atoms with Crippen LogP contribution in [-0.4, -0.2) is 41.6 Å². The zero-order valence-electron chi connectivity index (χ0n) is 17.4. The van der Waals surface area contributed by atoms with Crippen molar-refractivity contribution in [2.45, 2.75) is 40.7 Å². The van der Waals surface area contributed by atoms with Crippen LogP contribution in [0.25, 0.3) is 0 Å². The Hall–Kier alpha value is -2.83. The van der Waals surface area contributed by atoms with Crippen molar-refractivity contribution in [3.63, 3.8) is 0 Å². The highest BCUT2D eigenvalue weighted by Crippen LogP contribution is 2.21. The number of hydrogen-bond acceptors (Lipinski definition) is 6. The minimum atomic E-state index is -0.542. The maximum atomic E-state index is 12.4. The summed E-state index contributed by atoms with van der Waals surface area (Å²) in [6.07, 6.45) is 1.12. The van der Waals surface area contributed by atoms with E-state index in [-0.39, 0.29) is 12.5 Å². The number of hydrogen-bond donors (Lipinski definition) is 0. The van der Waals surface area contributed by atoms with E-state index in [1.165, 1.54) is 0 Å². The number of ether oxygens (including phenoxy) is 2. The summed E-state index contributed by atoms with van der Waals surface area (Å²) in [6, 6.07) is 6.72. The number of benzene rings is 1. The number of esters is 1. The summed E-state index contributed by atoms with van der Waals surface area (Å²) < 4.78 is 16.1. The Bertz CT molecular complexity index is 846. The van der Waals surface area contributed by atoms with Crippen molar-refractivity contribution in [3.8, 4) is 5.75 Å². The van der Waals surface area contributed by atoms with E-state index in [4.69, 9.17) is 14.0 Å². The molecule has 156 valence electrons. The van der Waals surface area contributed by atoms with Gasteiger partial charge in [0, 0.05) is 13.1 Å². The average molecular weight is 400 g/mol. The molecule has 0 unspecified atom stereocenters. The fourth-order valence-corrected chi connectivity index (χ4v) is 3.74. The van der Waals surface area contributed by atoms with Crippen LogP contribution in [-0.2, 0) is 16.1 Å². The van der Waals surface area contributed by atoms with Gasteiger partial charge in [-0.1, -0.05) is 25.1 Å². The van der Waals surface area contributed by atoms with Crippen LogP contribution in [0.15, 0.2) is 28.8 Å². The molecule has 7 nitrogen and oxygen atoms in total. The van der Waals surface area contributed by atoms with Crippen LogP contribution in [0.1, 0.15) is 47.6 Å². The summed E-state index contributed by atoms with van der Waals surface area (Å²) in [5.41, 5.74) is 2.00. The maximum absolute atomic E-state index is 12.4. The summed E-state index contributed by atoms with van der Waals surface area (Å²) in [6.45, 7) is 9.42. The van der Waals surface area contributed by atoms with Gasteiger partial charge in [0.2, 0.25) is 0 Å². The Kier molecular flexibility index (Phi) is 6.56. The maximum Gasteiger partial charge on any atom is 0.338 e. The van der Waals surface area contributed by atoms with Gasteiger partial charge in [0.15, 0.2) is 6.61 Å². The van der Waals surface area contributed by atoms with E-state index in [1.54, 1.807) is 29.2 Å². The quantitative estimate of drug-likeness (QED) is 0.690. The van der Waals surface area contributed by atoms with E-state index in [2.05, 4.69) is 19.0 Å². The number of nitrogens with zero attached hydrogens (tertiary/aromatic N) is 2.